The van der Waals surface area contributed by atoms with Gasteiger partial charge in [0.25, 0.3) is 10.1 Å². The summed E-state index contributed by atoms with van der Waals surface area (Å²) in [5.41, 5.74) is 0.686. The summed E-state index contributed by atoms with van der Waals surface area (Å²) in [7, 11) is -3.49. The first-order chi connectivity index (χ1) is 7.78. The maximum Gasteiger partial charge on any atom is 0.308 e. The second-order valence-corrected chi connectivity index (χ2v) is 5.21. The van der Waals surface area contributed by atoms with Crippen molar-refractivity contribution < 1.29 is 22.1 Å². The second kappa shape index (κ2) is 5.29. The van der Waals surface area contributed by atoms with Crippen LogP contribution < -0.4 is 4.74 Å². The summed E-state index contributed by atoms with van der Waals surface area (Å²) < 4.78 is 31.5. The Morgan fingerprint density at radius 2 is 1.76 bits per heavy atom. The zero-order valence-corrected chi connectivity index (χ0v) is 10.7. The van der Waals surface area contributed by atoms with Gasteiger partial charge in [-0.1, -0.05) is 12.1 Å². The number of rotatable bonds is 4. The van der Waals surface area contributed by atoms with E-state index in [1.165, 1.54) is 6.92 Å². The van der Waals surface area contributed by atoms with E-state index in [0.29, 0.717) is 11.3 Å². The van der Waals surface area contributed by atoms with E-state index >= 15 is 0 Å². The van der Waals surface area contributed by atoms with Gasteiger partial charge in [-0.15, -0.1) is 0 Å². The summed E-state index contributed by atoms with van der Waals surface area (Å²) in [5.74, 6) is 0.00555. The van der Waals surface area contributed by atoms with Gasteiger partial charge in [0.2, 0.25) is 0 Å². The van der Waals surface area contributed by atoms with Crippen molar-refractivity contribution in [2.75, 3.05) is 6.26 Å². The lowest BCUT2D eigenvalue weighted by Crippen LogP contribution is -2.07. The number of carbonyl (C=O) groups excluding carboxylic acids is 1. The number of hydrogen-bond acceptors (Lipinski definition) is 5. The van der Waals surface area contributed by atoms with Gasteiger partial charge in [-0.3, -0.25) is 8.98 Å². The molecule has 1 unspecified atom stereocenters. The summed E-state index contributed by atoms with van der Waals surface area (Å²) in [6.45, 7) is 2.94. The summed E-state index contributed by atoms with van der Waals surface area (Å²) in [6, 6.07) is 6.46. The van der Waals surface area contributed by atoms with Crippen LogP contribution in [-0.2, 0) is 19.1 Å². The summed E-state index contributed by atoms with van der Waals surface area (Å²) in [6.07, 6.45) is 0.424. The monoisotopic (exact) mass is 258 g/mol. The molecule has 1 aromatic rings. The van der Waals surface area contributed by atoms with Crippen LogP contribution in [0.5, 0.6) is 5.75 Å². The summed E-state index contributed by atoms with van der Waals surface area (Å²) >= 11 is 0. The Labute approximate surface area is 100 Å². The SMILES string of the molecule is CC(=O)Oc1ccc(C(C)OS(C)(=O)=O)cc1. The lowest BCUT2D eigenvalue weighted by atomic mass is 10.1. The molecule has 94 valence electrons. The topological polar surface area (TPSA) is 69.7 Å². The quantitative estimate of drug-likeness (QED) is 0.466. The van der Waals surface area contributed by atoms with Crippen molar-refractivity contribution in [2.45, 2.75) is 20.0 Å². The molecule has 0 amide bonds. The van der Waals surface area contributed by atoms with Crippen LogP contribution in [-0.4, -0.2) is 20.6 Å². The second-order valence-electron chi connectivity index (χ2n) is 3.61. The fourth-order valence-corrected chi connectivity index (χ4v) is 1.93. The zero-order chi connectivity index (χ0) is 13.1. The third-order valence-electron chi connectivity index (χ3n) is 1.93. The van der Waals surface area contributed by atoms with Crippen LogP contribution in [0, 0.1) is 0 Å². The molecule has 17 heavy (non-hydrogen) atoms. The first-order valence-corrected chi connectivity index (χ1v) is 6.76. The van der Waals surface area contributed by atoms with Gasteiger partial charge in [-0.2, -0.15) is 8.42 Å². The Balaban J connectivity index is 2.77. The van der Waals surface area contributed by atoms with E-state index in [9.17, 15) is 13.2 Å². The lowest BCUT2D eigenvalue weighted by Gasteiger charge is -2.11. The Morgan fingerprint density at radius 3 is 2.18 bits per heavy atom. The van der Waals surface area contributed by atoms with E-state index in [1.54, 1.807) is 31.2 Å². The maximum atomic E-state index is 10.9. The molecular weight excluding hydrogens is 244 g/mol. The van der Waals surface area contributed by atoms with Crippen molar-refractivity contribution in [1.29, 1.82) is 0 Å². The predicted molar refractivity (Wildman–Crippen MR) is 62.1 cm³/mol. The highest BCUT2D eigenvalue weighted by Crippen LogP contribution is 2.21. The van der Waals surface area contributed by atoms with Crippen LogP contribution in [0.25, 0.3) is 0 Å². The molecule has 0 radical (unpaired) electrons. The largest absolute Gasteiger partial charge is 0.427 e. The van der Waals surface area contributed by atoms with E-state index in [-0.39, 0.29) is 0 Å². The van der Waals surface area contributed by atoms with Crippen LogP contribution in [0.15, 0.2) is 24.3 Å². The van der Waals surface area contributed by atoms with Crippen LogP contribution in [0.1, 0.15) is 25.5 Å². The Bertz CT molecular complexity index is 489. The summed E-state index contributed by atoms with van der Waals surface area (Å²) in [4.78, 5) is 10.7. The Hall–Kier alpha value is -1.40. The molecule has 0 aromatic heterocycles. The third kappa shape index (κ3) is 4.97. The normalized spacial score (nSPS) is 13.1. The molecule has 0 saturated heterocycles. The van der Waals surface area contributed by atoms with Crippen LogP contribution in [0.3, 0.4) is 0 Å². The molecule has 0 spiro atoms. The number of hydrogen-bond donors (Lipinski definition) is 0. The van der Waals surface area contributed by atoms with E-state index in [4.69, 9.17) is 8.92 Å². The van der Waals surface area contributed by atoms with Crippen molar-refractivity contribution in [2.24, 2.45) is 0 Å². The predicted octanol–water partition coefficient (Wildman–Crippen LogP) is 1.65. The first-order valence-electron chi connectivity index (χ1n) is 4.94. The van der Waals surface area contributed by atoms with Gasteiger partial charge in [0.15, 0.2) is 0 Å². The van der Waals surface area contributed by atoms with E-state index in [1.807, 2.05) is 0 Å². The van der Waals surface area contributed by atoms with E-state index in [0.717, 1.165) is 6.26 Å². The standard InChI is InChI=1S/C11H14O5S/c1-8(16-17(3,13)14)10-4-6-11(7-5-10)15-9(2)12/h4-8H,1-3H3. The molecule has 1 aromatic carbocycles. The van der Waals surface area contributed by atoms with Gasteiger partial charge in [0, 0.05) is 6.92 Å². The molecule has 1 atom stereocenters. The van der Waals surface area contributed by atoms with Crippen LogP contribution in [0.4, 0.5) is 0 Å². The van der Waals surface area contributed by atoms with E-state index in [2.05, 4.69) is 0 Å². The average molecular weight is 258 g/mol. The molecule has 0 N–H and O–H groups in total. The summed E-state index contributed by atoms with van der Waals surface area (Å²) in [5, 5.41) is 0. The van der Waals surface area contributed by atoms with Crippen molar-refractivity contribution in [1.82, 2.24) is 0 Å². The molecule has 0 saturated carbocycles. The average Bonchev–Trinajstić information content (AvgIpc) is 2.15. The molecule has 0 bridgehead atoms. The molecule has 0 aliphatic rings. The molecule has 0 heterocycles. The molecule has 0 aliphatic carbocycles. The van der Waals surface area contributed by atoms with Crippen molar-refractivity contribution in [3.8, 4) is 5.75 Å². The highest BCUT2D eigenvalue weighted by Gasteiger charge is 2.12. The van der Waals surface area contributed by atoms with E-state index < -0.39 is 22.2 Å². The minimum atomic E-state index is -3.49. The molecule has 6 heteroatoms. The first kappa shape index (κ1) is 13.7. The Morgan fingerprint density at radius 1 is 1.24 bits per heavy atom. The highest BCUT2D eigenvalue weighted by molar-refractivity contribution is 7.86. The van der Waals surface area contributed by atoms with Gasteiger partial charge in [-0.05, 0) is 24.6 Å². The number of benzene rings is 1. The van der Waals surface area contributed by atoms with Crippen molar-refractivity contribution in [3.63, 3.8) is 0 Å². The fourth-order valence-electron chi connectivity index (χ4n) is 1.29. The van der Waals surface area contributed by atoms with Crippen LogP contribution >= 0.6 is 0 Å². The van der Waals surface area contributed by atoms with Gasteiger partial charge < -0.3 is 4.74 Å². The fraction of sp³-hybridized carbons (Fsp3) is 0.364. The number of esters is 1. The minimum Gasteiger partial charge on any atom is -0.427 e. The van der Waals surface area contributed by atoms with Gasteiger partial charge in [0.1, 0.15) is 5.75 Å². The van der Waals surface area contributed by atoms with Crippen molar-refractivity contribution >= 4 is 16.1 Å². The molecule has 0 fully saturated rings. The minimum absolute atomic E-state index is 0.404. The molecule has 5 nitrogen and oxygen atoms in total. The number of ether oxygens (including phenoxy) is 1. The van der Waals surface area contributed by atoms with Crippen LogP contribution in [0.2, 0.25) is 0 Å². The lowest BCUT2D eigenvalue weighted by molar-refractivity contribution is -0.131. The third-order valence-corrected chi connectivity index (χ3v) is 2.57. The maximum absolute atomic E-state index is 10.9. The smallest absolute Gasteiger partial charge is 0.308 e. The van der Waals surface area contributed by atoms with Gasteiger partial charge in [-0.25, -0.2) is 0 Å². The Kier molecular flexibility index (Phi) is 4.25. The van der Waals surface area contributed by atoms with Crippen molar-refractivity contribution in [3.05, 3.63) is 29.8 Å². The molecular formula is C11H14O5S. The zero-order valence-electron chi connectivity index (χ0n) is 9.84. The number of carbonyl (C=O) groups is 1. The molecule has 1 rings (SSSR count). The van der Waals surface area contributed by atoms with Gasteiger partial charge in [0.05, 0.1) is 12.4 Å². The van der Waals surface area contributed by atoms with Gasteiger partial charge >= 0.3 is 5.97 Å². The highest BCUT2D eigenvalue weighted by atomic mass is 32.2. The molecule has 0 aliphatic heterocycles.